The third-order valence-electron chi connectivity index (χ3n) is 3.01. The van der Waals surface area contributed by atoms with Crippen molar-refractivity contribution in [2.24, 2.45) is 0 Å². The predicted octanol–water partition coefficient (Wildman–Crippen LogP) is 3.26. The van der Waals surface area contributed by atoms with Gasteiger partial charge in [0.1, 0.15) is 11.5 Å². The van der Waals surface area contributed by atoms with Crippen molar-refractivity contribution in [1.82, 2.24) is 0 Å². The molecule has 1 aromatic carbocycles. The van der Waals surface area contributed by atoms with Gasteiger partial charge in [0.15, 0.2) is 11.3 Å². The first-order chi connectivity index (χ1) is 9.61. The average molecular weight is 293 g/mol. The maximum atomic E-state index is 11.6. The van der Waals surface area contributed by atoms with E-state index >= 15 is 0 Å². The lowest BCUT2D eigenvalue weighted by Gasteiger charge is -2.23. The van der Waals surface area contributed by atoms with Gasteiger partial charge in [0.25, 0.3) is 5.91 Å². The molecular weight excluding hydrogens is 280 g/mol. The number of hydrogen-bond donors (Lipinski definition) is 2. The summed E-state index contributed by atoms with van der Waals surface area (Å²) in [5, 5.41) is 6.36. The number of rotatable bonds is 3. The van der Waals surface area contributed by atoms with Crippen LogP contribution in [0.2, 0.25) is 5.22 Å². The third kappa shape index (κ3) is 2.58. The molecule has 0 radical (unpaired) electrons. The Hall–Kier alpha value is -2.14. The van der Waals surface area contributed by atoms with E-state index in [1.165, 1.54) is 0 Å². The van der Waals surface area contributed by atoms with Crippen LogP contribution in [-0.2, 0) is 11.3 Å². The summed E-state index contributed by atoms with van der Waals surface area (Å²) in [5.74, 6) is 1.26. The molecule has 1 atom stereocenters. The first-order valence-corrected chi connectivity index (χ1v) is 6.59. The molecule has 0 spiro atoms. The Bertz CT molecular complexity index is 654. The minimum atomic E-state index is -0.466. The van der Waals surface area contributed by atoms with E-state index in [1.54, 1.807) is 19.1 Å². The molecular formula is C14H13ClN2O3. The van der Waals surface area contributed by atoms with E-state index in [-0.39, 0.29) is 5.91 Å². The minimum Gasteiger partial charge on any atom is -0.479 e. The van der Waals surface area contributed by atoms with Gasteiger partial charge < -0.3 is 19.8 Å². The normalized spacial score (nSPS) is 17.1. The van der Waals surface area contributed by atoms with Crippen LogP contribution in [0.1, 0.15) is 12.7 Å². The van der Waals surface area contributed by atoms with Crippen LogP contribution in [0.5, 0.6) is 5.75 Å². The lowest BCUT2D eigenvalue weighted by atomic mass is 10.2. The smallest absolute Gasteiger partial charge is 0.265 e. The van der Waals surface area contributed by atoms with E-state index in [2.05, 4.69) is 10.6 Å². The predicted molar refractivity (Wildman–Crippen MR) is 76.2 cm³/mol. The fraction of sp³-hybridized carbons (Fsp3) is 0.214. The Balaban J connectivity index is 1.72. The second kappa shape index (κ2) is 5.09. The summed E-state index contributed by atoms with van der Waals surface area (Å²) < 4.78 is 10.7. The van der Waals surface area contributed by atoms with Crippen molar-refractivity contribution < 1.29 is 13.9 Å². The zero-order valence-corrected chi connectivity index (χ0v) is 11.5. The first-order valence-electron chi connectivity index (χ1n) is 6.21. The van der Waals surface area contributed by atoms with E-state index in [0.717, 1.165) is 11.4 Å². The van der Waals surface area contributed by atoms with Crippen molar-refractivity contribution in [1.29, 1.82) is 0 Å². The maximum absolute atomic E-state index is 11.6. The van der Waals surface area contributed by atoms with E-state index in [0.29, 0.717) is 23.2 Å². The number of amides is 1. The van der Waals surface area contributed by atoms with Gasteiger partial charge in [-0.3, -0.25) is 4.79 Å². The van der Waals surface area contributed by atoms with E-state index in [1.807, 2.05) is 18.2 Å². The summed E-state index contributed by atoms with van der Waals surface area (Å²) in [6.45, 7) is 2.22. The molecule has 20 heavy (non-hydrogen) atoms. The number of furan rings is 1. The van der Waals surface area contributed by atoms with Crippen molar-refractivity contribution in [2.45, 2.75) is 19.6 Å². The number of carbonyl (C=O) groups excluding carboxylic acids is 1. The molecule has 0 aliphatic carbocycles. The molecule has 104 valence electrons. The Morgan fingerprint density at radius 1 is 1.35 bits per heavy atom. The average Bonchev–Trinajstić information content (AvgIpc) is 2.84. The van der Waals surface area contributed by atoms with E-state index in [9.17, 15) is 4.79 Å². The molecule has 5 nitrogen and oxygen atoms in total. The molecule has 0 saturated carbocycles. The highest BCUT2D eigenvalue weighted by Gasteiger charge is 2.23. The fourth-order valence-electron chi connectivity index (χ4n) is 1.95. The summed E-state index contributed by atoms with van der Waals surface area (Å²) in [6.07, 6.45) is -0.466. The van der Waals surface area contributed by atoms with Gasteiger partial charge in [-0.25, -0.2) is 0 Å². The lowest BCUT2D eigenvalue weighted by Crippen LogP contribution is -2.34. The van der Waals surface area contributed by atoms with Gasteiger partial charge in [-0.2, -0.15) is 0 Å². The maximum Gasteiger partial charge on any atom is 0.265 e. The van der Waals surface area contributed by atoms with Crippen LogP contribution < -0.4 is 15.4 Å². The highest BCUT2D eigenvalue weighted by Crippen LogP contribution is 2.32. The van der Waals surface area contributed by atoms with Crippen molar-refractivity contribution in [3.8, 4) is 5.75 Å². The Morgan fingerprint density at radius 2 is 2.20 bits per heavy atom. The van der Waals surface area contributed by atoms with Crippen LogP contribution in [0.25, 0.3) is 0 Å². The molecule has 3 rings (SSSR count). The molecule has 2 heterocycles. The topological polar surface area (TPSA) is 63.5 Å². The van der Waals surface area contributed by atoms with Crippen LogP contribution >= 0.6 is 11.6 Å². The highest BCUT2D eigenvalue weighted by atomic mass is 35.5. The van der Waals surface area contributed by atoms with Crippen molar-refractivity contribution in [3.05, 3.63) is 41.3 Å². The molecule has 0 saturated heterocycles. The van der Waals surface area contributed by atoms with Gasteiger partial charge in [-0.15, -0.1) is 0 Å². The van der Waals surface area contributed by atoms with E-state index < -0.39 is 6.10 Å². The number of halogens is 1. The van der Waals surface area contributed by atoms with Gasteiger partial charge in [-0.05, 0) is 48.9 Å². The summed E-state index contributed by atoms with van der Waals surface area (Å²) >= 11 is 5.71. The van der Waals surface area contributed by atoms with Crippen LogP contribution in [0.3, 0.4) is 0 Å². The van der Waals surface area contributed by atoms with Crippen LogP contribution in [0, 0.1) is 0 Å². The standard InChI is InChI=1S/C14H13ClN2O3/c1-8-14(18)17-11-6-9(2-4-12(11)19-8)16-7-10-3-5-13(15)20-10/h2-6,8,16H,7H2,1H3,(H,17,18). The van der Waals surface area contributed by atoms with Crippen molar-refractivity contribution >= 4 is 28.9 Å². The third-order valence-corrected chi connectivity index (χ3v) is 3.21. The summed E-state index contributed by atoms with van der Waals surface area (Å²) in [5.41, 5.74) is 1.52. The highest BCUT2D eigenvalue weighted by molar-refractivity contribution is 6.28. The summed E-state index contributed by atoms with van der Waals surface area (Å²) in [4.78, 5) is 11.6. The Morgan fingerprint density at radius 3 is 2.95 bits per heavy atom. The molecule has 2 N–H and O–H groups in total. The number of nitrogens with one attached hydrogen (secondary N) is 2. The largest absolute Gasteiger partial charge is 0.479 e. The second-order valence-electron chi connectivity index (χ2n) is 4.52. The zero-order chi connectivity index (χ0) is 14.1. The number of anilines is 2. The van der Waals surface area contributed by atoms with Gasteiger partial charge in [0, 0.05) is 5.69 Å². The quantitative estimate of drug-likeness (QED) is 0.911. The molecule has 1 aromatic heterocycles. The number of ether oxygens (including phenoxy) is 1. The zero-order valence-electron chi connectivity index (χ0n) is 10.8. The summed E-state index contributed by atoms with van der Waals surface area (Å²) in [6, 6.07) is 9.03. The Kier molecular flexibility index (Phi) is 3.28. The van der Waals surface area contributed by atoms with Crippen LogP contribution in [0.4, 0.5) is 11.4 Å². The van der Waals surface area contributed by atoms with Gasteiger partial charge in [-0.1, -0.05) is 0 Å². The number of benzene rings is 1. The minimum absolute atomic E-state index is 0.146. The van der Waals surface area contributed by atoms with Crippen molar-refractivity contribution in [2.75, 3.05) is 10.6 Å². The molecule has 6 heteroatoms. The molecule has 1 aliphatic rings. The summed E-state index contributed by atoms with van der Waals surface area (Å²) in [7, 11) is 0. The monoisotopic (exact) mass is 292 g/mol. The SMILES string of the molecule is CC1Oc2ccc(NCc3ccc(Cl)o3)cc2NC1=O. The van der Waals surface area contributed by atoms with Crippen molar-refractivity contribution in [3.63, 3.8) is 0 Å². The van der Waals surface area contributed by atoms with Crippen LogP contribution in [0.15, 0.2) is 34.7 Å². The van der Waals surface area contributed by atoms with Gasteiger partial charge in [0.05, 0.1) is 12.2 Å². The molecule has 1 amide bonds. The van der Waals surface area contributed by atoms with Gasteiger partial charge in [0.2, 0.25) is 0 Å². The van der Waals surface area contributed by atoms with Crippen LogP contribution in [-0.4, -0.2) is 12.0 Å². The number of fused-ring (bicyclic) bond motifs is 1. The lowest BCUT2D eigenvalue weighted by molar-refractivity contribution is -0.122. The molecule has 1 unspecified atom stereocenters. The second-order valence-corrected chi connectivity index (χ2v) is 4.89. The first kappa shape index (κ1) is 12.9. The fourth-order valence-corrected chi connectivity index (χ4v) is 2.12. The molecule has 2 aromatic rings. The number of hydrogen-bond acceptors (Lipinski definition) is 4. The van der Waals surface area contributed by atoms with E-state index in [4.69, 9.17) is 20.8 Å². The molecule has 0 fully saturated rings. The Labute approximate surface area is 120 Å². The molecule has 1 aliphatic heterocycles. The van der Waals surface area contributed by atoms with Gasteiger partial charge >= 0.3 is 0 Å². The molecule has 0 bridgehead atoms. The number of carbonyl (C=O) groups is 1.